The predicted molar refractivity (Wildman–Crippen MR) is 117 cm³/mol. The molecule has 0 unspecified atom stereocenters. The molecule has 0 fully saturated rings. The van der Waals surface area contributed by atoms with Gasteiger partial charge in [0.2, 0.25) is 0 Å². The second-order valence-corrected chi connectivity index (χ2v) is 7.75. The summed E-state index contributed by atoms with van der Waals surface area (Å²) in [6.45, 7) is 0.0974. The minimum absolute atomic E-state index is 0.0974. The van der Waals surface area contributed by atoms with Gasteiger partial charge < -0.3 is 10.1 Å². The summed E-state index contributed by atoms with van der Waals surface area (Å²) in [5.74, 6) is 0. The highest BCUT2D eigenvalue weighted by atomic mass is 35.5. The zero-order valence-corrected chi connectivity index (χ0v) is 17.0. The number of hydrogen-bond donors (Lipinski definition) is 2. The summed E-state index contributed by atoms with van der Waals surface area (Å²) in [4.78, 5) is 24.5. The van der Waals surface area contributed by atoms with Gasteiger partial charge in [0.05, 0.1) is 11.3 Å². The van der Waals surface area contributed by atoms with Gasteiger partial charge in [0.15, 0.2) is 0 Å². The molecule has 2 N–H and O–H groups in total. The monoisotopic (exact) mass is 423 g/mol. The van der Waals surface area contributed by atoms with E-state index < -0.39 is 0 Å². The van der Waals surface area contributed by atoms with E-state index in [1.54, 1.807) is 17.8 Å². The van der Waals surface area contributed by atoms with E-state index >= 15 is 0 Å². The van der Waals surface area contributed by atoms with Crippen LogP contribution in [0.25, 0.3) is 33.0 Å². The summed E-state index contributed by atoms with van der Waals surface area (Å²) in [6, 6.07) is 13.6. The van der Waals surface area contributed by atoms with Crippen LogP contribution < -0.4 is 5.56 Å². The van der Waals surface area contributed by atoms with Crippen LogP contribution in [0.5, 0.6) is 0 Å². The van der Waals surface area contributed by atoms with Gasteiger partial charge in [-0.25, -0.2) is 4.98 Å². The van der Waals surface area contributed by atoms with Gasteiger partial charge >= 0.3 is 0 Å². The average molecular weight is 424 g/mol. The van der Waals surface area contributed by atoms with Crippen molar-refractivity contribution >= 4 is 22.9 Å². The molecule has 0 aliphatic carbocycles. The maximum atomic E-state index is 12.9. The fraction of sp³-hybridized carbons (Fsp3) is 0.136. The molecule has 0 spiro atoms. The number of aromatic amines is 1. The second-order valence-electron chi connectivity index (χ2n) is 6.50. The fourth-order valence-corrected chi connectivity index (χ4v) is 4.22. The maximum Gasteiger partial charge on any atom is 0.258 e. The standard InChI is InChI=1S/C22H18ClN3O2S/c23-19-13-29-22(25-19)18-11-17(14-5-2-1-3-6-14)20(26-21(18)28)16-8-9-24-12-15(16)7-4-10-27/h1-3,5-6,8-9,11-13,27H,4,7,10H2,(H,26,28). The highest BCUT2D eigenvalue weighted by Crippen LogP contribution is 2.34. The Morgan fingerprint density at radius 1 is 1.10 bits per heavy atom. The molecule has 4 rings (SSSR count). The van der Waals surface area contributed by atoms with E-state index in [0.717, 1.165) is 27.9 Å². The minimum atomic E-state index is -0.226. The quantitative estimate of drug-likeness (QED) is 0.466. The van der Waals surface area contributed by atoms with E-state index in [0.29, 0.717) is 28.6 Å². The number of thiazole rings is 1. The SMILES string of the molecule is O=c1[nH]c(-c2ccncc2CCCO)c(-c2ccccc2)cc1-c1nc(Cl)cs1. The molecule has 0 saturated heterocycles. The molecule has 0 saturated carbocycles. The number of nitrogens with one attached hydrogen (secondary N) is 1. The zero-order chi connectivity index (χ0) is 20.2. The minimum Gasteiger partial charge on any atom is -0.396 e. The molecule has 0 bridgehead atoms. The highest BCUT2D eigenvalue weighted by molar-refractivity contribution is 7.13. The first-order chi connectivity index (χ1) is 14.2. The van der Waals surface area contributed by atoms with Crippen molar-refractivity contribution in [2.45, 2.75) is 12.8 Å². The number of hydrogen-bond acceptors (Lipinski definition) is 5. The first-order valence-electron chi connectivity index (χ1n) is 9.15. The third kappa shape index (κ3) is 4.15. The number of aliphatic hydroxyl groups is 1. The van der Waals surface area contributed by atoms with Gasteiger partial charge in [-0.15, -0.1) is 11.3 Å². The summed E-state index contributed by atoms with van der Waals surface area (Å²) in [7, 11) is 0. The molecule has 0 radical (unpaired) electrons. The smallest absolute Gasteiger partial charge is 0.258 e. The molecule has 146 valence electrons. The Morgan fingerprint density at radius 2 is 1.93 bits per heavy atom. The van der Waals surface area contributed by atoms with Crippen LogP contribution in [0.1, 0.15) is 12.0 Å². The Morgan fingerprint density at radius 3 is 2.66 bits per heavy atom. The van der Waals surface area contributed by atoms with E-state index in [1.807, 2.05) is 42.5 Å². The lowest BCUT2D eigenvalue weighted by Crippen LogP contribution is -2.12. The number of benzene rings is 1. The zero-order valence-electron chi connectivity index (χ0n) is 15.4. The van der Waals surface area contributed by atoms with Gasteiger partial charge in [-0.3, -0.25) is 9.78 Å². The topological polar surface area (TPSA) is 78.9 Å². The summed E-state index contributed by atoms with van der Waals surface area (Å²) in [5, 5.41) is 11.9. The average Bonchev–Trinajstić information content (AvgIpc) is 3.19. The van der Waals surface area contributed by atoms with E-state index in [-0.39, 0.29) is 12.2 Å². The van der Waals surface area contributed by atoms with Crippen LogP contribution >= 0.6 is 22.9 Å². The number of pyridine rings is 2. The number of aromatic nitrogens is 3. The molecule has 0 atom stereocenters. The first-order valence-corrected chi connectivity index (χ1v) is 10.4. The molecule has 3 heterocycles. The first kappa shape index (κ1) is 19.5. The number of halogens is 1. The van der Waals surface area contributed by atoms with E-state index in [4.69, 9.17) is 11.6 Å². The molecule has 0 aliphatic rings. The van der Waals surface area contributed by atoms with Gasteiger partial charge in [0.1, 0.15) is 10.2 Å². The van der Waals surface area contributed by atoms with Crippen molar-refractivity contribution in [1.82, 2.24) is 15.0 Å². The van der Waals surface area contributed by atoms with Gasteiger partial charge in [-0.2, -0.15) is 0 Å². The Balaban J connectivity index is 1.95. The maximum absolute atomic E-state index is 12.9. The number of aliphatic hydroxyl groups excluding tert-OH is 1. The Kier molecular flexibility index (Phi) is 5.85. The van der Waals surface area contributed by atoms with Crippen molar-refractivity contribution in [3.8, 4) is 33.0 Å². The molecule has 3 aromatic heterocycles. The largest absolute Gasteiger partial charge is 0.396 e. The van der Waals surface area contributed by atoms with Crippen molar-refractivity contribution in [3.05, 3.63) is 81.3 Å². The van der Waals surface area contributed by atoms with Crippen LogP contribution in [0, 0.1) is 0 Å². The van der Waals surface area contributed by atoms with Crippen LogP contribution in [0.15, 0.2) is 65.0 Å². The molecule has 1 aromatic carbocycles. The summed E-state index contributed by atoms with van der Waals surface area (Å²) >= 11 is 7.31. The van der Waals surface area contributed by atoms with Crippen molar-refractivity contribution in [1.29, 1.82) is 0 Å². The van der Waals surface area contributed by atoms with E-state index in [9.17, 15) is 9.90 Å². The van der Waals surface area contributed by atoms with Crippen LogP contribution in [-0.2, 0) is 6.42 Å². The molecular weight excluding hydrogens is 406 g/mol. The molecule has 4 aromatic rings. The number of aryl methyl sites for hydroxylation is 1. The number of rotatable bonds is 6. The van der Waals surface area contributed by atoms with Gasteiger partial charge in [-0.05, 0) is 36.1 Å². The normalized spacial score (nSPS) is 11.0. The molecule has 7 heteroatoms. The third-order valence-electron chi connectivity index (χ3n) is 4.61. The van der Waals surface area contributed by atoms with Crippen molar-refractivity contribution in [2.75, 3.05) is 6.61 Å². The fourth-order valence-electron chi connectivity index (χ4n) is 3.26. The van der Waals surface area contributed by atoms with Gasteiger partial charge in [0, 0.05) is 35.5 Å². The lowest BCUT2D eigenvalue weighted by atomic mass is 9.94. The summed E-state index contributed by atoms with van der Waals surface area (Å²) in [5.41, 5.74) is 4.72. The lowest BCUT2D eigenvalue weighted by molar-refractivity contribution is 0.288. The van der Waals surface area contributed by atoms with E-state index in [1.165, 1.54) is 11.3 Å². The summed E-state index contributed by atoms with van der Waals surface area (Å²) < 4.78 is 0. The molecular formula is C22H18ClN3O2S. The predicted octanol–water partition coefficient (Wildman–Crippen LogP) is 4.81. The van der Waals surface area contributed by atoms with Crippen LogP contribution in [-0.4, -0.2) is 26.7 Å². The third-order valence-corrected chi connectivity index (χ3v) is 5.81. The van der Waals surface area contributed by atoms with Crippen molar-refractivity contribution in [2.24, 2.45) is 0 Å². The van der Waals surface area contributed by atoms with Crippen LogP contribution in [0.4, 0.5) is 0 Å². The summed E-state index contributed by atoms with van der Waals surface area (Å²) in [6.07, 6.45) is 4.78. The molecule has 29 heavy (non-hydrogen) atoms. The Hall–Kier alpha value is -2.80. The number of nitrogens with zero attached hydrogens (tertiary/aromatic N) is 2. The van der Waals surface area contributed by atoms with E-state index in [2.05, 4.69) is 15.0 Å². The highest BCUT2D eigenvalue weighted by Gasteiger charge is 2.17. The van der Waals surface area contributed by atoms with Gasteiger partial charge in [0.25, 0.3) is 5.56 Å². The van der Waals surface area contributed by atoms with Gasteiger partial charge in [-0.1, -0.05) is 41.9 Å². The van der Waals surface area contributed by atoms with Crippen LogP contribution in [0.3, 0.4) is 0 Å². The Bertz CT molecular complexity index is 1190. The Labute approximate surface area is 176 Å². The van der Waals surface area contributed by atoms with Crippen molar-refractivity contribution < 1.29 is 5.11 Å². The molecule has 0 aliphatic heterocycles. The molecule has 5 nitrogen and oxygen atoms in total. The van der Waals surface area contributed by atoms with Crippen molar-refractivity contribution in [3.63, 3.8) is 0 Å². The van der Waals surface area contributed by atoms with Crippen LogP contribution in [0.2, 0.25) is 5.15 Å². The molecule has 0 amide bonds. The second kappa shape index (κ2) is 8.69. The lowest BCUT2D eigenvalue weighted by Gasteiger charge is -2.14. The number of H-pyrrole nitrogens is 1.